The average Bonchev–Trinajstić information content (AvgIpc) is 3.10. The van der Waals surface area contributed by atoms with Crippen LogP contribution < -0.4 is 5.32 Å². The molecule has 6 nitrogen and oxygen atoms in total. The van der Waals surface area contributed by atoms with Crippen LogP contribution in [0.4, 0.5) is 4.79 Å². The summed E-state index contributed by atoms with van der Waals surface area (Å²) in [6, 6.07) is 12.0. The number of hydrogen-bond donors (Lipinski definition) is 1. The zero-order chi connectivity index (χ0) is 17.6. The molecule has 1 aromatic heterocycles. The number of morpholine rings is 1. The molecular weight excluding hydrogens is 318 g/mol. The summed E-state index contributed by atoms with van der Waals surface area (Å²) in [5, 5.41) is 6.91. The van der Waals surface area contributed by atoms with E-state index in [2.05, 4.69) is 36.5 Å². The summed E-state index contributed by atoms with van der Waals surface area (Å²) in [5.41, 5.74) is 2.12. The molecule has 2 amide bonds. The van der Waals surface area contributed by atoms with Crippen LogP contribution in [0.1, 0.15) is 36.8 Å². The molecule has 1 atom stereocenters. The van der Waals surface area contributed by atoms with E-state index in [9.17, 15) is 4.79 Å². The largest absolute Gasteiger partial charge is 0.374 e. The highest BCUT2D eigenvalue weighted by atomic mass is 16.5. The summed E-state index contributed by atoms with van der Waals surface area (Å²) in [7, 11) is 0. The van der Waals surface area contributed by atoms with Crippen LogP contribution in [-0.2, 0) is 17.7 Å². The number of rotatable bonds is 5. The quantitative estimate of drug-likeness (QED) is 0.906. The number of urea groups is 1. The number of nitrogens with zero attached hydrogens (tertiary/aromatic N) is 2. The summed E-state index contributed by atoms with van der Waals surface area (Å²) >= 11 is 0. The maximum Gasteiger partial charge on any atom is 0.317 e. The molecular formula is C19H25N3O3. The predicted octanol–water partition coefficient (Wildman–Crippen LogP) is 2.95. The lowest BCUT2D eigenvalue weighted by atomic mass is 10.1. The first-order valence-corrected chi connectivity index (χ1v) is 8.75. The lowest BCUT2D eigenvalue weighted by molar-refractivity contribution is -0.0133. The Bertz CT molecular complexity index is 684. The Hall–Kier alpha value is -2.34. The fourth-order valence-electron chi connectivity index (χ4n) is 2.86. The lowest BCUT2D eigenvalue weighted by Gasteiger charge is -2.33. The molecule has 1 fully saturated rings. The SMILES string of the molecule is CC(C)c1cc(CNC(=O)N2CCOC(Cc3ccccc3)C2)on1. The Morgan fingerprint density at radius 1 is 1.36 bits per heavy atom. The molecule has 1 N–H and O–H groups in total. The van der Waals surface area contributed by atoms with Crippen molar-refractivity contribution >= 4 is 6.03 Å². The molecule has 0 bridgehead atoms. The van der Waals surface area contributed by atoms with Crippen LogP contribution in [0.5, 0.6) is 0 Å². The van der Waals surface area contributed by atoms with Crippen molar-refractivity contribution in [3.63, 3.8) is 0 Å². The molecule has 0 saturated carbocycles. The average molecular weight is 343 g/mol. The second-order valence-electron chi connectivity index (χ2n) is 6.66. The van der Waals surface area contributed by atoms with E-state index in [1.165, 1.54) is 5.56 Å². The third-order valence-electron chi connectivity index (χ3n) is 4.31. The molecule has 2 heterocycles. The Labute approximate surface area is 148 Å². The van der Waals surface area contributed by atoms with Gasteiger partial charge in [-0.3, -0.25) is 0 Å². The zero-order valence-corrected chi connectivity index (χ0v) is 14.8. The second kappa shape index (κ2) is 8.16. The van der Waals surface area contributed by atoms with E-state index in [4.69, 9.17) is 9.26 Å². The van der Waals surface area contributed by atoms with Crippen LogP contribution in [0.25, 0.3) is 0 Å². The first-order valence-electron chi connectivity index (χ1n) is 8.75. The minimum absolute atomic E-state index is 0.0275. The van der Waals surface area contributed by atoms with Crippen LogP contribution in [0, 0.1) is 0 Å². The normalized spacial score (nSPS) is 17.7. The van der Waals surface area contributed by atoms with E-state index in [0.29, 0.717) is 37.9 Å². The fraction of sp³-hybridized carbons (Fsp3) is 0.474. The monoisotopic (exact) mass is 343 g/mol. The smallest absolute Gasteiger partial charge is 0.317 e. The third kappa shape index (κ3) is 4.82. The number of hydrogen-bond acceptors (Lipinski definition) is 4. The van der Waals surface area contributed by atoms with Crippen molar-refractivity contribution in [1.82, 2.24) is 15.4 Å². The topological polar surface area (TPSA) is 67.6 Å². The number of carbonyl (C=O) groups is 1. The summed E-state index contributed by atoms with van der Waals surface area (Å²) in [6.07, 6.45) is 0.838. The summed E-state index contributed by atoms with van der Waals surface area (Å²) in [6.45, 7) is 6.21. The van der Waals surface area contributed by atoms with E-state index in [1.54, 1.807) is 4.90 Å². The maximum absolute atomic E-state index is 12.4. The molecule has 2 aromatic rings. The summed E-state index contributed by atoms with van der Waals surface area (Å²) in [5.74, 6) is 0.984. The molecule has 6 heteroatoms. The zero-order valence-electron chi connectivity index (χ0n) is 14.8. The van der Waals surface area contributed by atoms with Gasteiger partial charge in [-0.1, -0.05) is 49.3 Å². The summed E-state index contributed by atoms with van der Waals surface area (Å²) in [4.78, 5) is 14.2. The van der Waals surface area contributed by atoms with E-state index in [0.717, 1.165) is 12.1 Å². The van der Waals surface area contributed by atoms with Gasteiger partial charge in [-0.25, -0.2) is 4.79 Å². The Kier molecular flexibility index (Phi) is 5.71. The van der Waals surface area contributed by atoms with Crippen LogP contribution in [-0.4, -0.2) is 41.9 Å². The molecule has 25 heavy (non-hydrogen) atoms. The van der Waals surface area contributed by atoms with Gasteiger partial charge in [0.1, 0.15) is 0 Å². The number of ether oxygens (including phenoxy) is 1. The van der Waals surface area contributed by atoms with Crippen molar-refractivity contribution in [3.05, 3.63) is 53.4 Å². The second-order valence-corrected chi connectivity index (χ2v) is 6.66. The van der Waals surface area contributed by atoms with Gasteiger partial charge in [-0.15, -0.1) is 0 Å². The molecule has 134 valence electrons. The van der Waals surface area contributed by atoms with Crippen molar-refractivity contribution in [2.75, 3.05) is 19.7 Å². The number of aromatic nitrogens is 1. The van der Waals surface area contributed by atoms with Gasteiger partial charge < -0.3 is 19.5 Å². The van der Waals surface area contributed by atoms with Crippen LogP contribution in [0.3, 0.4) is 0 Å². The molecule has 1 unspecified atom stereocenters. The first-order chi connectivity index (χ1) is 12.1. The molecule has 3 rings (SSSR count). The van der Waals surface area contributed by atoms with E-state index >= 15 is 0 Å². The molecule has 1 aliphatic rings. The van der Waals surface area contributed by atoms with Crippen LogP contribution in [0.15, 0.2) is 40.9 Å². The standard InChI is InChI=1S/C19H25N3O3/c1-14(2)18-11-16(25-21-18)12-20-19(23)22-8-9-24-17(13-22)10-15-6-4-3-5-7-15/h3-7,11,14,17H,8-10,12-13H2,1-2H3,(H,20,23). The number of benzene rings is 1. The van der Waals surface area contributed by atoms with Gasteiger partial charge >= 0.3 is 6.03 Å². The summed E-state index contributed by atoms with van der Waals surface area (Å²) < 4.78 is 11.1. The van der Waals surface area contributed by atoms with Crippen molar-refractivity contribution in [2.24, 2.45) is 0 Å². The third-order valence-corrected chi connectivity index (χ3v) is 4.31. The van der Waals surface area contributed by atoms with Gasteiger partial charge in [0.2, 0.25) is 0 Å². The first kappa shape index (κ1) is 17.5. The predicted molar refractivity (Wildman–Crippen MR) is 94.3 cm³/mol. The van der Waals surface area contributed by atoms with Crippen molar-refractivity contribution < 1.29 is 14.1 Å². The van der Waals surface area contributed by atoms with Gasteiger partial charge in [-0.05, 0) is 11.5 Å². The Balaban J connectivity index is 1.49. The van der Waals surface area contributed by atoms with Crippen molar-refractivity contribution in [1.29, 1.82) is 0 Å². The van der Waals surface area contributed by atoms with Crippen LogP contribution >= 0.6 is 0 Å². The van der Waals surface area contributed by atoms with E-state index in [-0.39, 0.29) is 12.1 Å². The molecule has 1 aromatic carbocycles. The highest BCUT2D eigenvalue weighted by molar-refractivity contribution is 5.74. The molecule has 1 saturated heterocycles. The van der Waals surface area contributed by atoms with Crippen molar-refractivity contribution in [3.8, 4) is 0 Å². The number of nitrogens with one attached hydrogen (secondary N) is 1. The van der Waals surface area contributed by atoms with Gasteiger partial charge in [0, 0.05) is 25.6 Å². The maximum atomic E-state index is 12.4. The minimum Gasteiger partial charge on any atom is -0.374 e. The highest BCUT2D eigenvalue weighted by Gasteiger charge is 2.24. The van der Waals surface area contributed by atoms with Gasteiger partial charge in [0.15, 0.2) is 5.76 Å². The van der Waals surface area contributed by atoms with E-state index in [1.807, 2.05) is 24.3 Å². The Morgan fingerprint density at radius 2 is 2.16 bits per heavy atom. The Morgan fingerprint density at radius 3 is 2.88 bits per heavy atom. The molecule has 0 radical (unpaired) electrons. The van der Waals surface area contributed by atoms with Crippen LogP contribution in [0.2, 0.25) is 0 Å². The molecule has 1 aliphatic heterocycles. The van der Waals surface area contributed by atoms with Gasteiger partial charge in [-0.2, -0.15) is 0 Å². The van der Waals surface area contributed by atoms with Gasteiger partial charge in [0.05, 0.1) is 24.9 Å². The van der Waals surface area contributed by atoms with E-state index < -0.39 is 0 Å². The minimum atomic E-state index is -0.0936. The number of amides is 2. The lowest BCUT2D eigenvalue weighted by Crippen LogP contribution is -2.50. The number of carbonyl (C=O) groups excluding carboxylic acids is 1. The highest BCUT2D eigenvalue weighted by Crippen LogP contribution is 2.15. The fourth-order valence-corrected chi connectivity index (χ4v) is 2.86. The molecule has 0 aliphatic carbocycles. The van der Waals surface area contributed by atoms with Crippen molar-refractivity contribution in [2.45, 2.75) is 38.8 Å². The van der Waals surface area contributed by atoms with Gasteiger partial charge in [0.25, 0.3) is 0 Å². The molecule has 0 spiro atoms.